The molecule has 4 heterocycles. The summed E-state index contributed by atoms with van der Waals surface area (Å²) in [5, 5.41) is 0. The maximum atomic E-state index is 13.1. The first-order valence-electron chi connectivity index (χ1n) is 11.7. The Morgan fingerprint density at radius 3 is 2.58 bits per heavy atom. The molecule has 2 saturated heterocycles. The number of piperidine rings is 1. The number of carbonyl (C=O) groups excluding carboxylic acids is 1. The largest absolute Gasteiger partial charge is 0.490 e. The van der Waals surface area contributed by atoms with Gasteiger partial charge in [-0.05, 0) is 63.1 Å². The monoisotopic (exact) mass is 466 g/mol. The van der Waals surface area contributed by atoms with Crippen molar-refractivity contribution >= 4 is 27.5 Å². The van der Waals surface area contributed by atoms with Gasteiger partial charge in [-0.1, -0.05) is 6.92 Å². The second-order valence-corrected chi connectivity index (χ2v) is 10.3. The van der Waals surface area contributed by atoms with E-state index in [9.17, 15) is 9.59 Å². The Balaban J connectivity index is 1.32. The molecule has 3 atom stereocenters. The predicted octanol–water partition coefficient (Wildman–Crippen LogP) is 3.82. The molecule has 1 aromatic carbocycles. The van der Waals surface area contributed by atoms with Gasteiger partial charge in [-0.2, -0.15) is 0 Å². The van der Waals surface area contributed by atoms with Crippen LogP contribution in [0.1, 0.15) is 43.9 Å². The number of benzene rings is 1. The molecule has 2 aromatic heterocycles. The summed E-state index contributed by atoms with van der Waals surface area (Å²) in [5.74, 6) is 0.921. The lowest BCUT2D eigenvalue weighted by Gasteiger charge is -2.36. The molecule has 33 heavy (non-hydrogen) atoms. The fourth-order valence-corrected chi connectivity index (χ4v) is 6.24. The first kappa shape index (κ1) is 22.1. The highest BCUT2D eigenvalue weighted by Crippen LogP contribution is 2.36. The molecule has 5 rings (SSSR count). The topological polar surface area (TPSA) is 67.7 Å². The zero-order chi connectivity index (χ0) is 23.1. The SMILES string of the molecule is CCC(=O)N(C)Cc1cc2ncn(-c3ccc(OC4C[C@H]5CC[C@@H](C4)N5C)cc3)c(=O)c2s1. The number of thiophene rings is 1. The second kappa shape index (κ2) is 8.91. The van der Waals surface area contributed by atoms with Crippen LogP contribution in [-0.4, -0.2) is 57.5 Å². The van der Waals surface area contributed by atoms with Crippen LogP contribution in [-0.2, 0) is 11.3 Å². The van der Waals surface area contributed by atoms with Gasteiger partial charge in [-0.15, -0.1) is 11.3 Å². The number of aromatic nitrogens is 2. The van der Waals surface area contributed by atoms with Crippen molar-refractivity contribution in [1.29, 1.82) is 0 Å². The van der Waals surface area contributed by atoms with Crippen LogP contribution in [0.25, 0.3) is 15.9 Å². The summed E-state index contributed by atoms with van der Waals surface area (Å²) in [7, 11) is 4.01. The Morgan fingerprint density at radius 1 is 1.21 bits per heavy atom. The third-order valence-electron chi connectivity index (χ3n) is 7.08. The summed E-state index contributed by atoms with van der Waals surface area (Å²) >= 11 is 1.40. The summed E-state index contributed by atoms with van der Waals surface area (Å²) in [6.45, 7) is 2.33. The van der Waals surface area contributed by atoms with Crippen LogP contribution in [0.15, 0.2) is 41.5 Å². The third-order valence-corrected chi connectivity index (χ3v) is 8.18. The number of carbonyl (C=O) groups is 1. The van der Waals surface area contributed by atoms with Crippen molar-refractivity contribution in [3.8, 4) is 11.4 Å². The van der Waals surface area contributed by atoms with E-state index in [4.69, 9.17) is 4.74 Å². The summed E-state index contributed by atoms with van der Waals surface area (Å²) in [4.78, 5) is 34.7. The summed E-state index contributed by atoms with van der Waals surface area (Å²) < 4.78 is 8.46. The van der Waals surface area contributed by atoms with Crippen LogP contribution in [0.5, 0.6) is 5.75 Å². The molecule has 2 fully saturated rings. The minimum absolute atomic E-state index is 0.0769. The van der Waals surface area contributed by atoms with E-state index in [2.05, 4.69) is 16.9 Å². The standard InChI is InChI=1S/C25H30N4O3S/c1-4-23(30)27(2)14-21-13-22-24(33-21)25(31)29(15-26-22)16-7-9-19(10-8-16)32-20-11-17-5-6-18(12-20)28(17)3/h7-10,13,15,17-18,20H,4-6,11-12,14H2,1-3H3/t17-,18+,20?. The van der Waals surface area contributed by atoms with Crippen LogP contribution in [0.4, 0.5) is 0 Å². The number of ether oxygens (including phenoxy) is 1. The highest BCUT2D eigenvalue weighted by Gasteiger charge is 2.39. The molecule has 0 saturated carbocycles. The van der Waals surface area contributed by atoms with E-state index in [1.165, 1.54) is 24.2 Å². The van der Waals surface area contributed by atoms with Gasteiger partial charge in [-0.25, -0.2) is 4.98 Å². The van der Waals surface area contributed by atoms with Crippen molar-refractivity contribution in [2.75, 3.05) is 14.1 Å². The van der Waals surface area contributed by atoms with E-state index < -0.39 is 0 Å². The highest BCUT2D eigenvalue weighted by molar-refractivity contribution is 7.18. The summed E-state index contributed by atoms with van der Waals surface area (Å²) in [6, 6.07) is 10.9. The number of amides is 1. The molecule has 1 amide bonds. The fourth-order valence-electron chi connectivity index (χ4n) is 5.15. The van der Waals surface area contributed by atoms with Gasteiger partial charge in [0.1, 0.15) is 22.9 Å². The highest BCUT2D eigenvalue weighted by atomic mass is 32.1. The second-order valence-electron chi connectivity index (χ2n) is 9.21. The number of rotatable bonds is 6. The number of nitrogens with zero attached hydrogens (tertiary/aromatic N) is 4. The van der Waals surface area contributed by atoms with Gasteiger partial charge in [0.15, 0.2) is 0 Å². The van der Waals surface area contributed by atoms with E-state index in [1.54, 1.807) is 22.8 Å². The Hall–Kier alpha value is -2.71. The Labute approximate surface area is 197 Å². The van der Waals surface area contributed by atoms with E-state index in [-0.39, 0.29) is 17.6 Å². The summed E-state index contributed by atoms with van der Waals surface area (Å²) in [6.07, 6.45) is 7.00. The molecule has 2 aliphatic heterocycles. The van der Waals surface area contributed by atoms with Crippen molar-refractivity contribution < 1.29 is 9.53 Å². The minimum Gasteiger partial charge on any atom is -0.490 e. The lowest BCUT2D eigenvalue weighted by atomic mass is 10.0. The fraction of sp³-hybridized carbons (Fsp3) is 0.480. The van der Waals surface area contributed by atoms with Crippen molar-refractivity contribution in [3.05, 3.63) is 51.9 Å². The van der Waals surface area contributed by atoms with Crippen molar-refractivity contribution in [2.24, 2.45) is 0 Å². The molecule has 0 aliphatic carbocycles. The molecule has 0 radical (unpaired) electrons. The molecule has 1 unspecified atom stereocenters. The van der Waals surface area contributed by atoms with Gasteiger partial charge in [0.2, 0.25) is 5.91 Å². The Morgan fingerprint density at radius 2 is 1.91 bits per heavy atom. The first-order chi connectivity index (χ1) is 15.9. The molecule has 8 heteroatoms. The van der Waals surface area contributed by atoms with Gasteiger partial charge >= 0.3 is 0 Å². The van der Waals surface area contributed by atoms with Crippen LogP contribution >= 0.6 is 11.3 Å². The Bertz CT molecular complexity index is 1200. The van der Waals surface area contributed by atoms with E-state index in [0.717, 1.165) is 29.2 Å². The maximum Gasteiger partial charge on any atom is 0.275 e. The molecular weight excluding hydrogens is 436 g/mol. The third kappa shape index (κ3) is 4.29. The summed E-state index contributed by atoms with van der Waals surface area (Å²) in [5.41, 5.74) is 1.34. The van der Waals surface area contributed by atoms with Gasteiger partial charge in [0.25, 0.3) is 5.56 Å². The first-order valence-corrected chi connectivity index (χ1v) is 12.5. The average molecular weight is 467 g/mol. The van der Waals surface area contributed by atoms with Crippen molar-refractivity contribution in [2.45, 2.75) is 63.8 Å². The zero-order valence-electron chi connectivity index (χ0n) is 19.4. The molecule has 174 valence electrons. The lowest BCUT2D eigenvalue weighted by molar-refractivity contribution is -0.130. The molecule has 7 nitrogen and oxygen atoms in total. The van der Waals surface area contributed by atoms with Crippen LogP contribution < -0.4 is 10.3 Å². The Kier molecular flexibility index (Phi) is 5.97. The van der Waals surface area contributed by atoms with Crippen LogP contribution in [0, 0.1) is 0 Å². The quantitative estimate of drug-likeness (QED) is 0.553. The maximum absolute atomic E-state index is 13.1. The minimum atomic E-state index is -0.0960. The van der Waals surface area contributed by atoms with E-state index in [0.29, 0.717) is 35.3 Å². The smallest absolute Gasteiger partial charge is 0.275 e. The molecule has 3 aromatic rings. The van der Waals surface area contributed by atoms with Crippen molar-refractivity contribution in [3.63, 3.8) is 0 Å². The van der Waals surface area contributed by atoms with Gasteiger partial charge in [-0.3, -0.25) is 14.2 Å². The molecule has 2 aliphatic rings. The van der Waals surface area contributed by atoms with E-state index >= 15 is 0 Å². The molecule has 2 bridgehead atoms. The van der Waals surface area contributed by atoms with Crippen molar-refractivity contribution in [1.82, 2.24) is 19.4 Å². The normalized spacial score (nSPS) is 22.6. The van der Waals surface area contributed by atoms with Crippen LogP contribution in [0.2, 0.25) is 0 Å². The van der Waals surface area contributed by atoms with Gasteiger partial charge < -0.3 is 14.5 Å². The number of fused-ring (bicyclic) bond motifs is 3. The van der Waals surface area contributed by atoms with E-state index in [1.807, 2.05) is 37.3 Å². The van der Waals surface area contributed by atoms with Gasteiger partial charge in [0.05, 0.1) is 17.7 Å². The molecular formula is C25H30N4O3S. The zero-order valence-corrected chi connectivity index (χ0v) is 20.2. The lowest BCUT2D eigenvalue weighted by Crippen LogP contribution is -2.43. The van der Waals surface area contributed by atoms with Gasteiger partial charge in [0, 0.05) is 30.4 Å². The average Bonchev–Trinajstić information content (AvgIpc) is 3.30. The number of hydrogen-bond donors (Lipinski definition) is 0. The predicted molar refractivity (Wildman–Crippen MR) is 130 cm³/mol. The molecule has 0 spiro atoms. The molecule has 0 N–H and O–H groups in total. The van der Waals surface area contributed by atoms with Crippen LogP contribution in [0.3, 0.4) is 0 Å². The number of hydrogen-bond acceptors (Lipinski definition) is 6.